The Labute approximate surface area is 138 Å². The minimum atomic E-state index is -0.0760. The summed E-state index contributed by atoms with van der Waals surface area (Å²) in [6.45, 7) is 5.05. The first-order chi connectivity index (χ1) is 11.3. The van der Waals surface area contributed by atoms with Gasteiger partial charge in [-0.25, -0.2) is 4.79 Å². The number of ether oxygens (including phenoxy) is 1. The summed E-state index contributed by atoms with van der Waals surface area (Å²) in [7, 11) is 0. The van der Waals surface area contributed by atoms with E-state index in [4.69, 9.17) is 4.74 Å². The van der Waals surface area contributed by atoms with Gasteiger partial charge in [-0.2, -0.15) is 0 Å². The molecule has 2 amide bonds. The third kappa shape index (κ3) is 4.61. The van der Waals surface area contributed by atoms with Gasteiger partial charge in [-0.1, -0.05) is 18.2 Å². The van der Waals surface area contributed by atoms with E-state index in [1.807, 2.05) is 24.3 Å². The maximum atomic E-state index is 12.1. The first-order valence-electron chi connectivity index (χ1n) is 8.81. The fraction of sp³-hybridized carbons (Fsp3) is 0.611. The molecular weight excluding hydrogens is 290 g/mol. The molecule has 2 aliphatic heterocycles. The summed E-state index contributed by atoms with van der Waals surface area (Å²) in [6.07, 6.45) is 5.69. The summed E-state index contributed by atoms with van der Waals surface area (Å²) < 4.78 is 5.62. The number of carbonyl (C=O) groups is 1. The van der Waals surface area contributed by atoms with Gasteiger partial charge in [0, 0.05) is 18.5 Å². The first-order valence-corrected chi connectivity index (χ1v) is 8.81. The van der Waals surface area contributed by atoms with E-state index < -0.39 is 0 Å². The number of rotatable bonds is 6. The van der Waals surface area contributed by atoms with Crippen molar-refractivity contribution in [3.8, 4) is 5.75 Å². The fourth-order valence-corrected chi connectivity index (χ4v) is 3.37. The quantitative estimate of drug-likeness (QED) is 0.793. The molecule has 1 aromatic carbocycles. The number of hydrogen-bond donors (Lipinski definition) is 2. The average Bonchev–Trinajstić information content (AvgIpc) is 3.08. The fourth-order valence-electron chi connectivity index (χ4n) is 3.37. The molecule has 2 N–H and O–H groups in total. The van der Waals surface area contributed by atoms with Crippen molar-refractivity contribution in [1.82, 2.24) is 15.5 Å². The molecule has 3 rings (SSSR count). The van der Waals surface area contributed by atoms with E-state index >= 15 is 0 Å². The Morgan fingerprint density at radius 1 is 1.22 bits per heavy atom. The second kappa shape index (κ2) is 8.20. The van der Waals surface area contributed by atoms with E-state index in [1.165, 1.54) is 25.9 Å². The van der Waals surface area contributed by atoms with Crippen LogP contribution in [0.4, 0.5) is 4.79 Å². The predicted octanol–water partition coefficient (Wildman–Crippen LogP) is 2.69. The molecule has 126 valence electrons. The van der Waals surface area contributed by atoms with Crippen LogP contribution in [0.3, 0.4) is 0 Å². The van der Waals surface area contributed by atoms with Gasteiger partial charge in [0.05, 0.1) is 12.6 Å². The van der Waals surface area contributed by atoms with Crippen molar-refractivity contribution in [1.29, 1.82) is 0 Å². The lowest BCUT2D eigenvalue weighted by atomic mass is 10.0. The molecule has 1 atom stereocenters. The van der Waals surface area contributed by atoms with Gasteiger partial charge >= 0.3 is 6.03 Å². The molecule has 0 bridgehead atoms. The number of urea groups is 1. The number of carbonyl (C=O) groups excluding carboxylic acids is 1. The van der Waals surface area contributed by atoms with E-state index in [-0.39, 0.29) is 12.1 Å². The van der Waals surface area contributed by atoms with Gasteiger partial charge in [0.1, 0.15) is 5.75 Å². The lowest BCUT2D eigenvalue weighted by molar-refractivity contribution is 0.223. The normalized spacial score (nSPS) is 20.6. The zero-order chi connectivity index (χ0) is 15.9. The highest BCUT2D eigenvalue weighted by atomic mass is 16.5. The van der Waals surface area contributed by atoms with Crippen LogP contribution < -0.4 is 15.4 Å². The first kappa shape index (κ1) is 16.1. The molecule has 0 spiro atoms. The van der Waals surface area contributed by atoms with Gasteiger partial charge in [-0.05, 0) is 51.4 Å². The van der Waals surface area contributed by atoms with Crippen LogP contribution in [0.25, 0.3) is 0 Å². The molecule has 5 heteroatoms. The van der Waals surface area contributed by atoms with E-state index in [9.17, 15) is 4.79 Å². The SMILES string of the molecule is O=C(NCCCCN1CCCC1)N[C@H]1CCOc2ccccc21. The van der Waals surface area contributed by atoms with Crippen molar-refractivity contribution in [2.45, 2.75) is 38.1 Å². The molecule has 1 saturated heterocycles. The number of amides is 2. The number of likely N-dealkylation sites (tertiary alicyclic amines) is 1. The Morgan fingerprint density at radius 3 is 2.91 bits per heavy atom. The van der Waals surface area contributed by atoms with Gasteiger partial charge < -0.3 is 20.3 Å². The smallest absolute Gasteiger partial charge is 0.315 e. The van der Waals surface area contributed by atoms with Crippen molar-refractivity contribution in [2.75, 3.05) is 32.8 Å². The lowest BCUT2D eigenvalue weighted by Crippen LogP contribution is -2.40. The van der Waals surface area contributed by atoms with Gasteiger partial charge in [-0.15, -0.1) is 0 Å². The number of fused-ring (bicyclic) bond motifs is 1. The summed E-state index contributed by atoms with van der Waals surface area (Å²) in [6, 6.07) is 7.90. The molecule has 5 nitrogen and oxygen atoms in total. The predicted molar refractivity (Wildman–Crippen MR) is 90.7 cm³/mol. The Bertz CT molecular complexity index is 515. The Morgan fingerprint density at radius 2 is 2.04 bits per heavy atom. The minimum absolute atomic E-state index is 0.0459. The number of benzene rings is 1. The molecule has 23 heavy (non-hydrogen) atoms. The van der Waals surface area contributed by atoms with Gasteiger partial charge in [0.2, 0.25) is 0 Å². The van der Waals surface area contributed by atoms with Crippen LogP contribution in [-0.4, -0.2) is 43.7 Å². The average molecular weight is 317 g/mol. The van der Waals surface area contributed by atoms with Crippen LogP contribution in [-0.2, 0) is 0 Å². The van der Waals surface area contributed by atoms with Gasteiger partial charge in [0.25, 0.3) is 0 Å². The summed E-state index contributed by atoms with van der Waals surface area (Å²) in [5.74, 6) is 0.884. The number of hydrogen-bond acceptors (Lipinski definition) is 3. The summed E-state index contributed by atoms with van der Waals surface area (Å²) in [5.41, 5.74) is 1.07. The van der Waals surface area contributed by atoms with Crippen molar-refractivity contribution in [3.05, 3.63) is 29.8 Å². The molecule has 0 unspecified atom stereocenters. The highest BCUT2D eigenvalue weighted by Gasteiger charge is 2.22. The Hall–Kier alpha value is -1.75. The Balaban J connectivity index is 1.35. The zero-order valence-electron chi connectivity index (χ0n) is 13.7. The maximum Gasteiger partial charge on any atom is 0.315 e. The number of nitrogens with zero attached hydrogens (tertiary/aromatic N) is 1. The second-order valence-electron chi connectivity index (χ2n) is 6.38. The topological polar surface area (TPSA) is 53.6 Å². The third-order valence-electron chi connectivity index (χ3n) is 4.65. The van der Waals surface area contributed by atoms with Crippen LogP contribution in [0.1, 0.15) is 43.7 Å². The standard InChI is InChI=1S/C18H27N3O2/c22-18(19-10-3-4-11-21-12-5-6-13-21)20-16-9-14-23-17-8-2-1-7-15(16)17/h1-2,7-8,16H,3-6,9-14H2,(H2,19,20,22)/t16-/m0/s1. The van der Waals surface area contributed by atoms with Crippen molar-refractivity contribution in [2.24, 2.45) is 0 Å². The van der Waals surface area contributed by atoms with Crippen LogP contribution in [0.5, 0.6) is 5.75 Å². The van der Waals surface area contributed by atoms with Gasteiger partial charge in [-0.3, -0.25) is 0 Å². The summed E-state index contributed by atoms with van der Waals surface area (Å²) in [5, 5.41) is 6.04. The molecule has 0 aliphatic carbocycles. The highest BCUT2D eigenvalue weighted by molar-refractivity contribution is 5.74. The van der Waals surface area contributed by atoms with E-state index in [0.29, 0.717) is 6.61 Å². The van der Waals surface area contributed by atoms with E-state index in [2.05, 4.69) is 15.5 Å². The molecule has 0 radical (unpaired) electrons. The van der Waals surface area contributed by atoms with E-state index in [1.54, 1.807) is 0 Å². The number of unbranched alkanes of at least 4 members (excludes halogenated alkanes) is 1. The number of nitrogens with one attached hydrogen (secondary N) is 2. The monoisotopic (exact) mass is 317 g/mol. The van der Waals surface area contributed by atoms with Crippen molar-refractivity contribution >= 4 is 6.03 Å². The maximum absolute atomic E-state index is 12.1. The summed E-state index contributed by atoms with van der Waals surface area (Å²) >= 11 is 0. The van der Waals surface area contributed by atoms with Crippen LogP contribution in [0.15, 0.2) is 24.3 Å². The lowest BCUT2D eigenvalue weighted by Gasteiger charge is -2.26. The van der Waals surface area contributed by atoms with E-state index in [0.717, 1.165) is 43.7 Å². The van der Waals surface area contributed by atoms with Crippen LogP contribution >= 0.6 is 0 Å². The van der Waals surface area contributed by atoms with Gasteiger partial charge in [0.15, 0.2) is 0 Å². The highest BCUT2D eigenvalue weighted by Crippen LogP contribution is 2.31. The van der Waals surface area contributed by atoms with Crippen LogP contribution in [0.2, 0.25) is 0 Å². The molecule has 0 aromatic heterocycles. The largest absolute Gasteiger partial charge is 0.493 e. The zero-order valence-corrected chi connectivity index (χ0v) is 13.7. The molecule has 1 fully saturated rings. The summed E-state index contributed by atoms with van der Waals surface area (Å²) in [4.78, 5) is 14.6. The molecule has 1 aromatic rings. The molecule has 2 heterocycles. The second-order valence-corrected chi connectivity index (χ2v) is 6.38. The van der Waals surface area contributed by atoms with Crippen LogP contribution in [0, 0.1) is 0 Å². The third-order valence-corrected chi connectivity index (χ3v) is 4.65. The number of para-hydroxylation sites is 1. The molecule has 2 aliphatic rings. The molecule has 0 saturated carbocycles. The Kier molecular flexibility index (Phi) is 5.75. The van der Waals surface area contributed by atoms with Crippen molar-refractivity contribution < 1.29 is 9.53 Å². The minimum Gasteiger partial charge on any atom is -0.493 e. The van der Waals surface area contributed by atoms with Crippen molar-refractivity contribution in [3.63, 3.8) is 0 Å². The molecular formula is C18H27N3O2.